The number of aromatic nitrogens is 1. The maximum Gasteiger partial charge on any atom is 0.191 e. The maximum atomic E-state index is 4.62. The van der Waals surface area contributed by atoms with Crippen LogP contribution in [0.5, 0.6) is 0 Å². The Morgan fingerprint density at radius 2 is 2.11 bits per heavy atom. The minimum Gasteiger partial charge on any atom is -0.354 e. The largest absolute Gasteiger partial charge is 0.354 e. The maximum absolute atomic E-state index is 4.62. The van der Waals surface area contributed by atoms with E-state index in [-0.39, 0.29) is 24.0 Å². The van der Waals surface area contributed by atoms with Crippen molar-refractivity contribution in [2.24, 2.45) is 10.9 Å². The van der Waals surface area contributed by atoms with E-state index >= 15 is 0 Å². The smallest absolute Gasteiger partial charge is 0.191 e. The molecule has 2 N–H and O–H groups in total. The molecule has 28 heavy (non-hydrogen) atoms. The number of hydrogen-bond acceptors (Lipinski definition) is 5. The summed E-state index contributed by atoms with van der Waals surface area (Å²) in [5, 5.41) is 12.4. The van der Waals surface area contributed by atoms with Gasteiger partial charge in [0.25, 0.3) is 0 Å². The van der Waals surface area contributed by atoms with Crippen molar-refractivity contribution in [3.63, 3.8) is 0 Å². The van der Waals surface area contributed by atoms with Crippen molar-refractivity contribution >= 4 is 52.6 Å². The van der Waals surface area contributed by atoms with Crippen molar-refractivity contribution < 1.29 is 0 Å². The molecule has 5 nitrogen and oxygen atoms in total. The van der Waals surface area contributed by atoms with Gasteiger partial charge in [-0.3, -0.25) is 9.89 Å². The fraction of sp³-hybridized carbons (Fsp3) is 0.600. The number of nitrogens with zero attached hydrogens (tertiary/aromatic N) is 3. The molecule has 1 saturated heterocycles. The minimum atomic E-state index is 0. The fourth-order valence-electron chi connectivity index (χ4n) is 3.41. The van der Waals surface area contributed by atoms with Gasteiger partial charge in [-0.1, -0.05) is 19.9 Å². The molecule has 0 amide bonds. The second-order valence-electron chi connectivity index (χ2n) is 7.14. The molecule has 0 bridgehead atoms. The van der Waals surface area contributed by atoms with Gasteiger partial charge in [0, 0.05) is 23.8 Å². The lowest BCUT2D eigenvalue weighted by molar-refractivity contribution is 0.140. The first-order valence-corrected chi connectivity index (χ1v) is 11.6. The van der Waals surface area contributed by atoms with E-state index in [1.54, 1.807) is 11.3 Å². The quantitative estimate of drug-likeness (QED) is 0.312. The number of likely N-dealkylation sites (tertiary alicyclic amines) is 1. The van der Waals surface area contributed by atoms with E-state index in [1.807, 2.05) is 18.4 Å². The van der Waals surface area contributed by atoms with Gasteiger partial charge in [-0.25, -0.2) is 4.98 Å². The molecule has 0 saturated carbocycles. The highest BCUT2D eigenvalue weighted by molar-refractivity contribution is 14.0. The number of aryl methyl sites for hydroxylation is 1. The summed E-state index contributed by atoms with van der Waals surface area (Å²) in [5.74, 6) is 1.69. The van der Waals surface area contributed by atoms with E-state index in [2.05, 4.69) is 62.3 Å². The van der Waals surface area contributed by atoms with Crippen LogP contribution in [0.4, 0.5) is 0 Å². The van der Waals surface area contributed by atoms with Gasteiger partial charge in [-0.05, 0) is 49.7 Å². The first kappa shape index (κ1) is 23.6. The lowest BCUT2D eigenvalue weighted by Gasteiger charge is -2.36. The highest BCUT2D eigenvalue weighted by atomic mass is 127. The minimum absolute atomic E-state index is 0. The van der Waals surface area contributed by atoms with Crippen LogP contribution in [0.2, 0.25) is 0 Å². The van der Waals surface area contributed by atoms with E-state index in [0.717, 1.165) is 30.5 Å². The molecule has 0 aliphatic carbocycles. The number of halogens is 1. The second-order valence-corrected chi connectivity index (χ2v) is 9.06. The third-order valence-electron chi connectivity index (χ3n) is 5.16. The summed E-state index contributed by atoms with van der Waals surface area (Å²) in [6.45, 7) is 8.44. The van der Waals surface area contributed by atoms with Crippen molar-refractivity contribution in [1.82, 2.24) is 20.5 Å². The Labute approximate surface area is 194 Å². The van der Waals surface area contributed by atoms with E-state index in [9.17, 15) is 0 Å². The van der Waals surface area contributed by atoms with E-state index in [4.69, 9.17) is 0 Å². The Bertz CT molecular complexity index is 708. The molecule has 0 spiro atoms. The average Bonchev–Trinajstić information content (AvgIpc) is 3.37. The standard InChI is InChI=1S/C20H31N5S2.HI/c1-4-19-24-16(14-27-19)12-22-20(21-3)23-13-17(18-6-5-11-26-18)25-9-7-15(2)8-10-25;/h5-6,11,14-15,17H,4,7-10,12-13H2,1-3H3,(H2,21,22,23);1H. The van der Waals surface area contributed by atoms with Crippen LogP contribution in [-0.2, 0) is 13.0 Å². The molecular weight excluding hydrogens is 501 g/mol. The predicted octanol–water partition coefficient (Wildman–Crippen LogP) is 4.52. The van der Waals surface area contributed by atoms with Crippen molar-refractivity contribution in [2.75, 3.05) is 26.7 Å². The van der Waals surface area contributed by atoms with Crippen molar-refractivity contribution in [1.29, 1.82) is 0 Å². The zero-order chi connectivity index (χ0) is 19.1. The lowest BCUT2D eigenvalue weighted by atomic mass is 9.97. The van der Waals surface area contributed by atoms with E-state index < -0.39 is 0 Å². The van der Waals surface area contributed by atoms with Crippen molar-refractivity contribution in [3.05, 3.63) is 38.5 Å². The molecule has 1 atom stereocenters. The summed E-state index contributed by atoms with van der Waals surface area (Å²) in [7, 11) is 1.83. The fourth-order valence-corrected chi connectivity index (χ4v) is 5.02. The number of rotatable bonds is 7. The van der Waals surface area contributed by atoms with Crippen LogP contribution in [-0.4, -0.2) is 42.5 Å². The summed E-state index contributed by atoms with van der Waals surface area (Å²) in [5.41, 5.74) is 1.08. The van der Waals surface area contributed by atoms with Gasteiger partial charge in [0.15, 0.2) is 5.96 Å². The van der Waals surface area contributed by atoms with Gasteiger partial charge in [-0.15, -0.1) is 46.7 Å². The summed E-state index contributed by atoms with van der Waals surface area (Å²) >= 11 is 3.58. The number of aliphatic imine (C=N–C) groups is 1. The Balaban J connectivity index is 0.00000280. The molecule has 1 fully saturated rings. The first-order valence-electron chi connectivity index (χ1n) is 9.84. The number of thiophene rings is 1. The number of thiazole rings is 1. The van der Waals surface area contributed by atoms with Gasteiger partial charge < -0.3 is 10.6 Å². The normalized spacial score (nSPS) is 17.2. The third-order valence-corrected chi connectivity index (χ3v) is 7.17. The van der Waals surface area contributed by atoms with Crippen LogP contribution >= 0.6 is 46.7 Å². The Kier molecular flexibility index (Phi) is 10.2. The zero-order valence-corrected chi connectivity index (χ0v) is 20.9. The Hall–Kier alpha value is -0.710. The number of hydrogen-bond donors (Lipinski definition) is 2. The lowest BCUT2D eigenvalue weighted by Crippen LogP contribution is -2.44. The van der Waals surface area contributed by atoms with Gasteiger partial charge >= 0.3 is 0 Å². The molecule has 2 aromatic heterocycles. The Morgan fingerprint density at radius 3 is 2.71 bits per heavy atom. The SMILES string of the molecule is CCc1nc(CNC(=NC)NCC(c2cccs2)N2CCC(C)CC2)cs1.I. The van der Waals surface area contributed by atoms with Crippen molar-refractivity contribution in [3.8, 4) is 0 Å². The monoisotopic (exact) mass is 533 g/mol. The van der Waals surface area contributed by atoms with Crippen LogP contribution < -0.4 is 10.6 Å². The molecule has 156 valence electrons. The molecule has 0 radical (unpaired) electrons. The number of nitrogens with one attached hydrogen (secondary N) is 2. The van der Waals surface area contributed by atoms with Crippen molar-refractivity contribution in [2.45, 2.75) is 45.7 Å². The summed E-state index contributed by atoms with van der Waals surface area (Å²) in [4.78, 5) is 13.1. The number of guanidine groups is 1. The molecule has 3 heterocycles. The third kappa shape index (κ3) is 6.67. The van der Waals surface area contributed by atoms with Crippen LogP contribution in [0.15, 0.2) is 27.9 Å². The highest BCUT2D eigenvalue weighted by Crippen LogP contribution is 2.29. The Morgan fingerprint density at radius 1 is 1.32 bits per heavy atom. The van der Waals surface area contributed by atoms with Gasteiger partial charge in [0.2, 0.25) is 0 Å². The molecule has 3 rings (SSSR count). The van der Waals surface area contributed by atoms with E-state index in [0.29, 0.717) is 12.6 Å². The molecule has 1 aliphatic rings. The van der Waals surface area contributed by atoms with Crippen LogP contribution in [0.3, 0.4) is 0 Å². The molecular formula is C20H32IN5S2. The van der Waals surface area contributed by atoms with Gasteiger partial charge in [0.05, 0.1) is 23.3 Å². The second kappa shape index (κ2) is 12.1. The average molecular weight is 534 g/mol. The summed E-state index contributed by atoms with van der Waals surface area (Å²) in [6, 6.07) is 4.81. The molecule has 1 unspecified atom stereocenters. The topological polar surface area (TPSA) is 52.6 Å². The molecule has 0 aromatic carbocycles. The van der Waals surface area contributed by atoms with E-state index in [1.165, 1.54) is 35.8 Å². The predicted molar refractivity (Wildman–Crippen MR) is 132 cm³/mol. The first-order chi connectivity index (χ1) is 13.2. The summed E-state index contributed by atoms with van der Waals surface area (Å²) in [6.07, 6.45) is 3.57. The van der Waals surface area contributed by atoms with Gasteiger partial charge in [0.1, 0.15) is 0 Å². The van der Waals surface area contributed by atoms with Crippen LogP contribution in [0, 0.1) is 5.92 Å². The summed E-state index contributed by atoms with van der Waals surface area (Å²) < 4.78 is 0. The zero-order valence-electron chi connectivity index (χ0n) is 17.0. The van der Waals surface area contributed by atoms with Crippen LogP contribution in [0.25, 0.3) is 0 Å². The highest BCUT2D eigenvalue weighted by Gasteiger charge is 2.25. The molecule has 2 aromatic rings. The molecule has 1 aliphatic heterocycles. The van der Waals surface area contributed by atoms with Gasteiger partial charge in [-0.2, -0.15) is 0 Å². The number of piperidine rings is 1. The van der Waals surface area contributed by atoms with Crippen LogP contribution in [0.1, 0.15) is 48.3 Å². The molecule has 8 heteroatoms.